The third kappa shape index (κ3) is 3.45. The molecule has 1 unspecified atom stereocenters. The summed E-state index contributed by atoms with van der Waals surface area (Å²) in [7, 11) is 1.23. The highest BCUT2D eigenvalue weighted by molar-refractivity contribution is 9.10. The number of carbonyl (C=O) groups is 2. The molecule has 0 spiro atoms. The molecule has 1 atom stereocenters. The van der Waals surface area contributed by atoms with Gasteiger partial charge in [0.15, 0.2) is 6.10 Å². The van der Waals surface area contributed by atoms with E-state index in [1.807, 2.05) is 0 Å². The molecule has 2 N–H and O–H groups in total. The second-order valence-electron chi connectivity index (χ2n) is 3.31. The van der Waals surface area contributed by atoms with Gasteiger partial charge in [0, 0.05) is 10.2 Å². The summed E-state index contributed by atoms with van der Waals surface area (Å²) in [5, 5.41) is 0. The van der Waals surface area contributed by atoms with Gasteiger partial charge in [0.25, 0.3) is 0 Å². The summed E-state index contributed by atoms with van der Waals surface area (Å²) in [5.74, 6) is -1.25. The van der Waals surface area contributed by atoms with Gasteiger partial charge in [0.1, 0.15) is 0 Å². The maximum Gasteiger partial charge on any atom is 0.346 e. The van der Waals surface area contributed by atoms with Crippen LogP contribution in [0.5, 0.6) is 0 Å². The van der Waals surface area contributed by atoms with Gasteiger partial charge >= 0.3 is 11.9 Å². The first-order valence-corrected chi connectivity index (χ1v) is 5.59. The third-order valence-corrected chi connectivity index (χ3v) is 2.72. The predicted octanol–water partition coefficient (Wildman–Crippen LogP) is 1.75. The van der Waals surface area contributed by atoms with Crippen LogP contribution >= 0.6 is 15.9 Å². The average molecular weight is 302 g/mol. The Bertz CT molecular complexity index is 447. The highest BCUT2D eigenvalue weighted by atomic mass is 79.9. The first kappa shape index (κ1) is 13.5. The fraction of sp³-hybridized carbons (Fsp3) is 0.273. The van der Waals surface area contributed by atoms with E-state index in [9.17, 15) is 9.59 Å². The van der Waals surface area contributed by atoms with Crippen molar-refractivity contribution in [3.05, 3.63) is 28.2 Å². The first-order valence-electron chi connectivity index (χ1n) is 4.79. The molecule has 1 aromatic rings. The molecule has 1 aromatic carbocycles. The molecule has 0 bridgehead atoms. The number of benzene rings is 1. The number of rotatable bonds is 3. The monoisotopic (exact) mass is 301 g/mol. The van der Waals surface area contributed by atoms with Crippen LogP contribution in [0.3, 0.4) is 0 Å². The molecule has 0 saturated carbocycles. The topological polar surface area (TPSA) is 78.6 Å². The summed E-state index contributed by atoms with van der Waals surface area (Å²) in [6, 6.07) is 4.75. The van der Waals surface area contributed by atoms with E-state index in [4.69, 9.17) is 10.5 Å². The molecule has 5 nitrogen and oxygen atoms in total. The summed E-state index contributed by atoms with van der Waals surface area (Å²) in [5.41, 5.74) is 6.26. The number of hydrogen-bond acceptors (Lipinski definition) is 5. The number of ether oxygens (including phenoxy) is 2. The SMILES string of the molecule is COC(=O)C(C)OC(=O)c1cc(N)ccc1Br. The number of halogens is 1. The number of nitrogens with two attached hydrogens (primary N) is 1. The van der Waals surface area contributed by atoms with Gasteiger partial charge in [-0.2, -0.15) is 0 Å². The Hall–Kier alpha value is -1.56. The minimum atomic E-state index is -0.958. The number of carbonyl (C=O) groups excluding carboxylic acids is 2. The molecule has 0 amide bonds. The van der Waals surface area contributed by atoms with Crippen LogP contribution in [-0.2, 0) is 14.3 Å². The largest absolute Gasteiger partial charge is 0.466 e. The van der Waals surface area contributed by atoms with E-state index in [0.717, 1.165) is 0 Å². The van der Waals surface area contributed by atoms with Gasteiger partial charge in [0.05, 0.1) is 12.7 Å². The molecule has 0 aliphatic carbocycles. The van der Waals surface area contributed by atoms with Gasteiger partial charge in [-0.15, -0.1) is 0 Å². The number of anilines is 1. The molecule has 0 radical (unpaired) electrons. The Kier molecular flexibility index (Phi) is 4.51. The quantitative estimate of drug-likeness (QED) is 0.680. The Labute approximate surface area is 107 Å². The number of hydrogen-bond donors (Lipinski definition) is 1. The zero-order valence-corrected chi connectivity index (χ0v) is 11.0. The minimum absolute atomic E-state index is 0.265. The normalized spacial score (nSPS) is 11.7. The van der Waals surface area contributed by atoms with E-state index < -0.39 is 18.0 Å². The maximum absolute atomic E-state index is 11.7. The standard InChI is InChI=1S/C11H12BrNO4/c1-6(10(14)16-2)17-11(15)8-5-7(13)3-4-9(8)12/h3-6H,13H2,1-2H3. The van der Waals surface area contributed by atoms with Crippen LogP contribution in [0.15, 0.2) is 22.7 Å². The average Bonchev–Trinajstić information content (AvgIpc) is 2.30. The summed E-state index contributed by atoms with van der Waals surface area (Å²) >= 11 is 3.20. The Morgan fingerprint density at radius 3 is 2.65 bits per heavy atom. The Morgan fingerprint density at radius 2 is 2.06 bits per heavy atom. The van der Waals surface area contributed by atoms with Crippen molar-refractivity contribution in [1.82, 2.24) is 0 Å². The van der Waals surface area contributed by atoms with Crippen LogP contribution in [-0.4, -0.2) is 25.2 Å². The number of nitrogen functional groups attached to an aromatic ring is 1. The summed E-state index contributed by atoms with van der Waals surface area (Å²) in [4.78, 5) is 22.8. The van der Waals surface area contributed by atoms with Crippen molar-refractivity contribution in [2.24, 2.45) is 0 Å². The maximum atomic E-state index is 11.7. The van der Waals surface area contributed by atoms with E-state index in [0.29, 0.717) is 10.2 Å². The van der Waals surface area contributed by atoms with Gasteiger partial charge in [-0.3, -0.25) is 0 Å². The molecular weight excluding hydrogens is 290 g/mol. The molecule has 0 aromatic heterocycles. The molecule has 92 valence electrons. The predicted molar refractivity (Wildman–Crippen MR) is 65.4 cm³/mol. The van der Waals surface area contributed by atoms with Crippen LogP contribution in [0.1, 0.15) is 17.3 Å². The lowest BCUT2D eigenvalue weighted by molar-refractivity contribution is -0.149. The van der Waals surface area contributed by atoms with Crippen molar-refractivity contribution in [1.29, 1.82) is 0 Å². The van der Waals surface area contributed by atoms with Crippen molar-refractivity contribution < 1.29 is 19.1 Å². The number of methoxy groups -OCH3 is 1. The highest BCUT2D eigenvalue weighted by Crippen LogP contribution is 2.20. The fourth-order valence-corrected chi connectivity index (χ4v) is 1.55. The van der Waals surface area contributed by atoms with Gasteiger partial charge in [-0.1, -0.05) is 0 Å². The van der Waals surface area contributed by atoms with Gasteiger partial charge in [0.2, 0.25) is 0 Å². The second kappa shape index (κ2) is 5.67. The Morgan fingerprint density at radius 1 is 1.41 bits per heavy atom. The van der Waals surface area contributed by atoms with E-state index in [1.165, 1.54) is 20.1 Å². The number of esters is 2. The molecule has 1 rings (SSSR count). The van der Waals surface area contributed by atoms with Gasteiger partial charge in [-0.25, -0.2) is 9.59 Å². The van der Waals surface area contributed by atoms with Crippen LogP contribution in [0, 0.1) is 0 Å². The zero-order valence-electron chi connectivity index (χ0n) is 9.40. The molecule has 0 aliphatic heterocycles. The van der Waals surface area contributed by atoms with Crippen molar-refractivity contribution in [3.63, 3.8) is 0 Å². The van der Waals surface area contributed by atoms with E-state index in [2.05, 4.69) is 20.7 Å². The smallest absolute Gasteiger partial charge is 0.346 e. The lowest BCUT2D eigenvalue weighted by Crippen LogP contribution is -2.25. The molecule has 0 heterocycles. The summed E-state index contributed by atoms with van der Waals surface area (Å²) in [6.45, 7) is 1.43. The third-order valence-electron chi connectivity index (χ3n) is 2.03. The van der Waals surface area contributed by atoms with Crippen molar-refractivity contribution in [2.75, 3.05) is 12.8 Å². The first-order chi connectivity index (χ1) is 7.95. The second-order valence-corrected chi connectivity index (χ2v) is 4.16. The van der Waals surface area contributed by atoms with Crippen LogP contribution in [0.25, 0.3) is 0 Å². The minimum Gasteiger partial charge on any atom is -0.466 e. The zero-order chi connectivity index (χ0) is 13.0. The van der Waals surface area contributed by atoms with E-state index in [-0.39, 0.29) is 5.56 Å². The van der Waals surface area contributed by atoms with Crippen LogP contribution in [0.2, 0.25) is 0 Å². The van der Waals surface area contributed by atoms with E-state index >= 15 is 0 Å². The van der Waals surface area contributed by atoms with Crippen LogP contribution in [0.4, 0.5) is 5.69 Å². The van der Waals surface area contributed by atoms with Crippen molar-refractivity contribution >= 4 is 33.6 Å². The summed E-state index contributed by atoms with van der Waals surface area (Å²) in [6.07, 6.45) is -0.958. The molecule has 17 heavy (non-hydrogen) atoms. The molecule has 0 saturated heterocycles. The Balaban J connectivity index is 2.83. The van der Waals surface area contributed by atoms with E-state index in [1.54, 1.807) is 12.1 Å². The van der Waals surface area contributed by atoms with Gasteiger partial charge in [-0.05, 0) is 41.1 Å². The molecule has 0 fully saturated rings. The van der Waals surface area contributed by atoms with Crippen molar-refractivity contribution in [2.45, 2.75) is 13.0 Å². The fourth-order valence-electron chi connectivity index (χ4n) is 1.14. The lowest BCUT2D eigenvalue weighted by atomic mass is 10.2. The molecule has 0 aliphatic rings. The molecular formula is C11H12BrNO4. The van der Waals surface area contributed by atoms with Crippen molar-refractivity contribution in [3.8, 4) is 0 Å². The molecule has 6 heteroatoms. The van der Waals surface area contributed by atoms with Gasteiger partial charge < -0.3 is 15.2 Å². The lowest BCUT2D eigenvalue weighted by Gasteiger charge is -2.11. The summed E-state index contributed by atoms with van der Waals surface area (Å²) < 4.78 is 9.93. The highest BCUT2D eigenvalue weighted by Gasteiger charge is 2.20. The van der Waals surface area contributed by atoms with Crippen LogP contribution < -0.4 is 5.73 Å².